The highest BCUT2D eigenvalue weighted by molar-refractivity contribution is 6.08. The third kappa shape index (κ3) is 3.19. The zero-order valence-electron chi connectivity index (χ0n) is 16.1. The van der Waals surface area contributed by atoms with Crippen molar-refractivity contribution in [1.82, 2.24) is 4.90 Å². The van der Waals surface area contributed by atoms with Crippen molar-refractivity contribution in [3.63, 3.8) is 0 Å². The van der Waals surface area contributed by atoms with Gasteiger partial charge in [-0.3, -0.25) is 24.1 Å². The lowest BCUT2D eigenvalue weighted by molar-refractivity contribution is -0.154. The Hall–Kier alpha value is -2.70. The minimum absolute atomic E-state index is 0.251. The van der Waals surface area contributed by atoms with Crippen molar-refractivity contribution in [1.29, 1.82) is 0 Å². The number of amides is 3. The third-order valence-corrected chi connectivity index (χ3v) is 6.34. The number of carbonyl (C=O) groups is 4. The molecule has 3 aliphatic rings. The van der Waals surface area contributed by atoms with Gasteiger partial charge in [-0.05, 0) is 62.1 Å². The first-order valence-corrected chi connectivity index (χ1v) is 9.73. The van der Waals surface area contributed by atoms with Crippen LogP contribution in [0, 0.1) is 37.5 Å². The van der Waals surface area contributed by atoms with E-state index in [2.05, 4.69) is 5.32 Å². The maximum Gasteiger partial charge on any atom is 0.326 e. The molecule has 148 valence electrons. The molecule has 0 unspecified atom stereocenters. The van der Waals surface area contributed by atoms with E-state index in [0.717, 1.165) is 35.3 Å². The molecule has 0 aromatic heterocycles. The molecule has 28 heavy (non-hydrogen) atoms. The van der Waals surface area contributed by atoms with Crippen molar-refractivity contribution < 1.29 is 23.9 Å². The number of anilines is 1. The molecule has 7 nitrogen and oxygen atoms in total. The van der Waals surface area contributed by atoms with E-state index in [1.165, 1.54) is 0 Å². The van der Waals surface area contributed by atoms with Gasteiger partial charge in [0.25, 0.3) is 5.91 Å². The second-order valence-corrected chi connectivity index (χ2v) is 8.17. The largest absolute Gasteiger partial charge is 0.454 e. The van der Waals surface area contributed by atoms with E-state index in [0.29, 0.717) is 5.69 Å². The predicted molar refractivity (Wildman–Crippen MR) is 100 cm³/mol. The molecule has 2 bridgehead atoms. The number of ether oxygens (including phenoxy) is 1. The number of hydrogen-bond donors (Lipinski definition) is 1. The Morgan fingerprint density at radius 2 is 1.75 bits per heavy atom. The molecule has 1 heterocycles. The van der Waals surface area contributed by atoms with Gasteiger partial charge in [0.2, 0.25) is 11.8 Å². The fourth-order valence-electron chi connectivity index (χ4n) is 5.00. The average Bonchev–Trinajstić information content (AvgIpc) is 3.33. The fraction of sp³-hybridized carbons (Fsp3) is 0.524. The molecule has 2 saturated carbocycles. The smallest absolute Gasteiger partial charge is 0.326 e. The molecule has 1 N–H and O–H groups in total. The Morgan fingerprint density at radius 1 is 1.11 bits per heavy atom. The maximum absolute atomic E-state index is 12.6. The monoisotopic (exact) mass is 384 g/mol. The Kier molecular flexibility index (Phi) is 4.69. The highest BCUT2D eigenvalue weighted by Crippen LogP contribution is 2.56. The summed E-state index contributed by atoms with van der Waals surface area (Å²) in [4.78, 5) is 50.4. The van der Waals surface area contributed by atoms with E-state index < -0.39 is 25.0 Å². The van der Waals surface area contributed by atoms with Gasteiger partial charge in [0.05, 0.1) is 11.8 Å². The Balaban J connectivity index is 1.30. The fourth-order valence-corrected chi connectivity index (χ4v) is 5.00. The molecule has 7 heteroatoms. The SMILES string of the molecule is Cc1ccc(C)c(NC(=O)COC(=O)CN2C(=O)[C@@H]3[C@H]4CC[C@@H](C4)[C@@H]3C2=O)c1. The van der Waals surface area contributed by atoms with Crippen LogP contribution in [0.1, 0.15) is 30.4 Å². The molecule has 2 aliphatic carbocycles. The standard InChI is InChI=1S/C21H24N2O5/c1-11-3-4-12(2)15(7-11)22-16(24)10-28-17(25)9-23-20(26)18-13-5-6-14(8-13)19(18)21(23)27/h3-4,7,13-14,18-19H,5-6,8-10H2,1-2H3,(H,22,24)/t13-,14-,18-,19+/m0/s1. The van der Waals surface area contributed by atoms with Crippen LogP contribution < -0.4 is 5.32 Å². The van der Waals surface area contributed by atoms with E-state index >= 15 is 0 Å². The van der Waals surface area contributed by atoms with Crippen molar-refractivity contribution in [2.75, 3.05) is 18.5 Å². The highest BCUT2D eigenvalue weighted by atomic mass is 16.5. The van der Waals surface area contributed by atoms with Crippen LogP contribution in [0.5, 0.6) is 0 Å². The van der Waals surface area contributed by atoms with Gasteiger partial charge in [0.15, 0.2) is 6.61 Å². The number of aryl methyl sites for hydroxylation is 2. The van der Waals surface area contributed by atoms with Crippen LogP contribution in [0.3, 0.4) is 0 Å². The summed E-state index contributed by atoms with van der Waals surface area (Å²) in [6.45, 7) is 2.91. The number of fused-ring (bicyclic) bond motifs is 5. The molecule has 1 aromatic carbocycles. The second kappa shape index (κ2) is 7.04. The molecule has 0 radical (unpaired) electrons. The number of nitrogens with zero attached hydrogens (tertiary/aromatic N) is 1. The molecule has 1 aliphatic heterocycles. The number of imide groups is 1. The molecule has 0 spiro atoms. The van der Waals surface area contributed by atoms with Gasteiger partial charge in [-0.25, -0.2) is 0 Å². The van der Waals surface area contributed by atoms with Crippen LogP contribution in [0.15, 0.2) is 18.2 Å². The lowest BCUT2D eigenvalue weighted by atomic mass is 9.81. The number of hydrogen-bond acceptors (Lipinski definition) is 5. The molecule has 1 aromatic rings. The van der Waals surface area contributed by atoms with E-state index in [4.69, 9.17) is 4.74 Å². The predicted octanol–water partition coefficient (Wildman–Crippen LogP) is 1.82. The summed E-state index contributed by atoms with van der Waals surface area (Å²) in [6.07, 6.45) is 2.92. The number of rotatable bonds is 5. The first-order chi connectivity index (χ1) is 13.3. The van der Waals surface area contributed by atoms with Gasteiger partial charge >= 0.3 is 5.97 Å². The van der Waals surface area contributed by atoms with Crippen LogP contribution in [0.25, 0.3) is 0 Å². The van der Waals surface area contributed by atoms with Gasteiger partial charge in [-0.1, -0.05) is 12.1 Å². The molecular weight excluding hydrogens is 360 g/mol. The molecule has 4 atom stereocenters. The zero-order chi connectivity index (χ0) is 20.0. The summed E-state index contributed by atoms with van der Waals surface area (Å²) in [5.41, 5.74) is 2.57. The summed E-state index contributed by atoms with van der Waals surface area (Å²) in [7, 11) is 0. The van der Waals surface area contributed by atoms with Crippen molar-refractivity contribution >= 4 is 29.4 Å². The van der Waals surface area contributed by atoms with Crippen LogP contribution in [-0.2, 0) is 23.9 Å². The number of carbonyl (C=O) groups excluding carboxylic acids is 4. The van der Waals surface area contributed by atoms with Crippen LogP contribution in [0.4, 0.5) is 5.69 Å². The average molecular weight is 384 g/mol. The maximum atomic E-state index is 12.6. The molecule has 4 rings (SSSR count). The molecular formula is C21H24N2O5. The third-order valence-electron chi connectivity index (χ3n) is 6.34. The second-order valence-electron chi connectivity index (χ2n) is 8.17. The highest BCUT2D eigenvalue weighted by Gasteiger charge is 2.61. The van der Waals surface area contributed by atoms with Gasteiger partial charge < -0.3 is 10.1 Å². The number of benzene rings is 1. The Bertz CT molecular complexity index is 836. The summed E-state index contributed by atoms with van der Waals surface area (Å²) in [5.74, 6) is -1.68. The number of esters is 1. The molecule has 3 amide bonds. The Morgan fingerprint density at radius 3 is 2.39 bits per heavy atom. The first-order valence-electron chi connectivity index (χ1n) is 9.73. The van der Waals surface area contributed by atoms with Crippen molar-refractivity contribution in [3.8, 4) is 0 Å². The van der Waals surface area contributed by atoms with Crippen LogP contribution >= 0.6 is 0 Å². The minimum atomic E-state index is -0.745. The first kappa shape index (κ1) is 18.7. The van der Waals surface area contributed by atoms with Crippen molar-refractivity contribution in [2.45, 2.75) is 33.1 Å². The lowest BCUT2D eigenvalue weighted by Gasteiger charge is -2.19. The van der Waals surface area contributed by atoms with Crippen LogP contribution in [0.2, 0.25) is 0 Å². The van der Waals surface area contributed by atoms with Gasteiger partial charge in [-0.2, -0.15) is 0 Å². The molecule has 1 saturated heterocycles. The zero-order valence-corrected chi connectivity index (χ0v) is 16.1. The lowest BCUT2D eigenvalue weighted by Crippen LogP contribution is -2.38. The number of likely N-dealkylation sites (tertiary alicyclic amines) is 1. The van der Waals surface area contributed by atoms with E-state index in [-0.39, 0.29) is 35.5 Å². The normalized spacial score (nSPS) is 27.9. The van der Waals surface area contributed by atoms with Gasteiger partial charge in [0, 0.05) is 5.69 Å². The van der Waals surface area contributed by atoms with E-state index in [9.17, 15) is 19.2 Å². The molecule has 3 fully saturated rings. The van der Waals surface area contributed by atoms with E-state index in [1.807, 2.05) is 32.0 Å². The van der Waals surface area contributed by atoms with E-state index in [1.54, 1.807) is 0 Å². The quantitative estimate of drug-likeness (QED) is 0.617. The minimum Gasteiger partial charge on any atom is -0.454 e. The van der Waals surface area contributed by atoms with Gasteiger partial charge in [0.1, 0.15) is 6.54 Å². The van der Waals surface area contributed by atoms with Crippen molar-refractivity contribution in [2.24, 2.45) is 23.7 Å². The number of nitrogens with one attached hydrogen (secondary N) is 1. The summed E-state index contributed by atoms with van der Waals surface area (Å²) in [5, 5.41) is 2.71. The topological polar surface area (TPSA) is 92.8 Å². The summed E-state index contributed by atoms with van der Waals surface area (Å²) in [6, 6.07) is 5.67. The van der Waals surface area contributed by atoms with Crippen LogP contribution in [-0.4, -0.2) is 41.7 Å². The van der Waals surface area contributed by atoms with Crippen molar-refractivity contribution in [3.05, 3.63) is 29.3 Å². The summed E-state index contributed by atoms with van der Waals surface area (Å²) < 4.78 is 5.00. The summed E-state index contributed by atoms with van der Waals surface area (Å²) >= 11 is 0. The van der Waals surface area contributed by atoms with Gasteiger partial charge in [-0.15, -0.1) is 0 Å². The Labute approximate surface area is 163 Å².